The van der Waals surface area contributed by atoms with Gasteiger partial charge in [-0.3, -0.25) is 4.99 Å². The monoisotopic (exact) mass is 322 g/mol. The summed E-state index contributed by atoms with van der Waals surface area (Å²) in [7, 11) is 5.83. The summed E-state index contributed by atoms with van der Waals surface area (Å²) >= 11 is 0. The van der Waals surface area contributed by atoms with Crippen LogP contribution in [0.15, 0.2) is 29.3 Å². The average Bonchev–Trinajstić information content (AvgIpc) is 2.55. The third-order valence-electron chi connectivity index (χ3n) is 3.18. The normalized spacial score (nSPS) is 11.6. The Morgan fingerprint density at radius 2 is 1.96 bits per heavy atom. The van der Waals surface area contributed by atoms with Gasteiger partial charge >= 0.3 is 0 Å². The number of nitrogens with zero attached hydrogens (tertiary/aromatic N) is 2. The van der Waals surface area contributed by atoms with Crippen molar-refractivity contribution in [3.63, 3.8) is 0 Å². The molecule has 0 fully saturated rings. The number of aliphatic imine (C=N–C) groups is 1. The molecule has 0 aliphatic heterocycles. The van der Waals surface area contributed by atoms with Gasteiger partial charge in [-0.1, -0.05) is 18.2 Å². The van der Waals surface area contributed by atoms with Gasteiger partial charge in [-0.15, -0.1) is 0 Å². The average molecular weight is 322 g/mol. The summed E-state index contributed by atoms with van der Waals surface area (Å²) in [5.41, 5.74) is 1.11. The lowest BCUT2D eigenvalue weighted by molar-refractivity contribution is 0.152. The van der Waals surface area contributed by atoms with Gasteiger partial charge in [0.05, 0.1) is 6.61 Å². The first kappa shape index (κ1) is 19.3. The Labute approximate surface area is 139 Å². The van der Waals surface area contributed by atoms with Crippen LogP contribution < -0.4 is 15.4 Å². The van der Waals surface area contributed by atoms with Crippen molar-refractivity contribution < 1.29 is 9.47 Å². The summed E-state index contributed by atoms with van der Waals surface area (Å²) in [5.74, 6) is 1.67. The number of rotatable bonds is 10. The highest BCUT2D eigenvalue weighted by molar-refractivity contribution is 5.79. The van der Waals surface area contributed by atoms with E-state index in [0.29, 0.717) is 19.8 Å². The van der Waals surface area contributed by atoms with E-state index in [0.717, 1.165) is 37.0 Å². The molecule has 0 aliphatic rings. The van der Waals surface area contributed by atoms with E-state index in [1.165, 1.54) is 0 Å². The van der Waals surface area contributed by atoms with Crippen LogP contribution in [0, 0.1) is 0 Å². The van der Waals surface area contributed by atoms with Crippen LogP contribution in [0.25, 0.3) is 0 Å². The van der Waals surface area contributed by atoms with Crippen LogP contribution in [0.1, 0.15) is 12.5 Å². The molecule has 2 N–H and O–H groups in total. The molecule has 0 atom stereocenters. The smallest absolute Gasteiger partial charge is 0.191 e. The molecule has 0 aromatic heterocycles. The van der Waals surface area contributed by atoms with E-state index in [-0.39, 0.29) is 0 Å². The predicted octanol–water partition coefficient (Wildman–Crippen LogP) is 1.33. The zero-order valence-corrected chi connectivity index (χ0v) is 14.8. The molecule has 0 unspecified atom stereocenters. The van der Waals surface area contributed by atoms with Gasteiger partial charge in [0.15, 0.2) is 5.96 Å². The van der Waals surface area contributed by atoms with Crippen molar-refractivity contribution in [1.82, 2.24) is 15.5 Å². The van der Waals surface area contributed by atoms with Crippen LogP contribution in [0.3, 0.4) is 0 Å². The molecule has 130 valence electrons. The van der Waals surface area contributed by atoms with Gasteiger partial charge in [0.25, 0.3) is 0 Å². The van der Waals surface area contributed by atoms with E-state index in [4.69, 9.17) is 9.47 Å². The number of benzene rings is 1. The zero-order chi connectivity index (χ0) is 16.9. The topological polar surface area (TPSA) is 58.1 Å². The molecule has 0 saturated heterocycles. The Kier molecular flexibility index (Phi) is 9.83. The van der Waals surface area contributed by atoms with Crippen LogP contribution >= 0.6 is 0 Å². The maximum atomic E-state index is 5.87. The lowest BCUT2D eigenvalue weighted by Crippen LogP contribution is -2.38. The van der Waals surface area contributed by atoms with E-state index in [2.05, 4.69) is 26.6 Å². The van der Waals surface area contributed by atoms with E-state index in [1.807, 2.05) is 39.2 Å². The highest BCUT2D eigenvalue weighted by atomic mass is 16.5. The highest BCUT2D eigenvalue weighted by Gasteiger charge is 2.04. The molecule has 1 aromatic carbocycles. The molecule has 0 heterocycles. The minimum Gasteiger partial charge on any atom is -0.492 e. The SMILES string of the molecule is CCOCCNC(=NC)NCc1ccccc1OCCN(C)C. The van der Waals surface area contributed by atoms with E-state index < -0.39 is 0 Å². The molecule has 6 nitrogen and oxygen atoms in total. The number of hydrogen-bond donors (Lipinski definition) is 2. The number of hydrogen-bond acceptors (Lipinski definition) is 4. The number of guanidine groups is 1. The summed E-state index contributed by atoms with van der Waals surface area (Å²) in [6, 6.07) is 8.06. The van der Waals surface area contributed by atoms with Crippen molar-refractivity contribution in [1.29, 1.82) is 0 Å². The lowest BCUT2D eigenvalue weighted by atomic mass is 10.2. The van der Waals surface area contributed by atoms with Crippen molar-refractivity contribution in [2.45, 2.75) is 13.5 Å². The molecular formula is C17H30N4O2. The Morgan fingerprint density at radius 3 is 2.65 bits per heavy atom. The summed E-state index contributed by atoms with van der Waals surface area (Å²) in [6.45, 7) is 6.34. The summed E-state index contributed by atoms with van der Waals surface area (Å²) in [4.78, 5) is 6.31. The van der Waals surface area contributed by atoms with Gasteiger partial charge in [-0.2, -0.15) is 0 Å². The van der Waals surface area contributed by atoms with Crippen molar-refractivity contribution in [3.8, 4) is 5.75 Å². The quantitative estimate of drug-likeness (QED) is 0.387. The van der Waals surface area contributed by atoms with Gasteiger partial charge in [0.1, 0.15) is 12.4 Å². The van der Waals surface area contributed by atoms with Crippen LogP contribution in [-0.2, 0) is 11.3 Å². The third-order valence-corrected chi connectivity index (χ3v) is 3.18. The van der Waals surface area contributed by atoms with Gasteiger partial charge < -0.3 is 25.0 Å². The maximum absolute atomic E-state index is 5.87. The molecule has 0 bridgehead atoms. The van der Waals surface area contributed by atoms with Crippen LogP contribution in [0.5, 0.6) is 5.75 Å². The predicted molar refractivity (Wildman–Crippen MR) is 95.2 cm³/mol. The summed E-state index contributed by atoms with van der Waals surface area (Å²) in [6.07, 6.45) is 0. The van der Waals surface area contributed by atoms with Gasteiger partial charge in [0.2, 0.25) is 0 Å². The first-order valence-corrected chi connectivity index (χ1v) is 8.05. The van der Waals surface area contributed by atoms with Gasteiger partial charge in [-0.05, 0) is 27.1 Å². The Hall–Kier alpha value is -1.79. The molecular weight excluding hydrogens is 292 g/mol. The maximum Gasteiger partial charge on any atom is 0.191 e. The Balaban J connectivity index is 2.46. The Bertz CT molecular complexity index is 464. The van der Waals surface area contributed by atoms with Gasteiger partial charge in [-0.25, -0.2) is 0 Å². The third kappa shape index (κ3) is 8.42. The van der Waals surface area contributed by atoms with Crippen LogP contribution in [0.4, 0.5) is 0 Å². The Morgan fingerprint density at radius 1 is 1.17 bits per heavy atom. The lowest BCUT2D eigenvalue weighted by Gasteiger charge is -2.16. The van der Waals surface area contributed by atoms with E-state index in [9.17, 15) is 0 Å². The number of para-hydroxylation sites is 1. The van der Waals surface area contributed by atoms with Gasteiger partial charge in [0, 0.05) is 38.9 Å². The summed E-state index contributed by atoms with van der Waals surface area (Å²) in [5, 5.41) is 6.51. The molecule has 6 heteroatoms. The second-order valence-electron chi connectivity index (χ2n) is 5.31. The second-order valence-corrected chi connectivity index (χ2v) is 5.31. The summed E-state index contributed by atoms with van der Waals surface area (Å²) < 4.78 is 11.2. The molecule has 1 aromatic rings. The first-order chi connectivity index (χ1) is 11.2. The van der Waals surface area contributed by atoms with Crippen molar-refractivity contribution >= 4 is 5.96 Å². The second kappa shape index (κ2) is 11.7. The fourth-order valence-corrected chi connectivity index (χ4v) is 1.91. The van der Waals surface area contributed by atoms with Crippen LogP contribution in [-0.4, -0.2) is 64.9 Å². The number of ether oxygens (including phenoxy) is 2. The molecule has 0 amide bonds. The fourth-order valence-electron chi connectivity index (χ4n) is 1.91. The standard InChI is InChI=1S/C17H30N4O2/c1-5-22-12-10-19-17(18-2)20-14-15-8-6-7-9-16(15)23-13-11-21(3)4/h6-9H,5,10-14H2,1-4H3,(H2,18,19,20). The first-order valence-electron chi connectivity index (χ1n) is 8.05. The molecule has 0 saturated carbocycles. The van der Waals surface area contributed by atoms with Crippen molar-refractivity contribution in [2.24, 2.45) is 4.99 Å². The molecule has 1 rings (SSSR count). The van der Waals surface area contributed by atoms with E-state index >= 15 is 0 Å². The molecule has 0 spiro atoms. The van der Waals surface area contributed by atoms with Crippen LogP contribution in [0.2, 0.25) is 0 Å². The molecule has 23 heavy (non-hydrogen) atoms. The molecule has 0 aliphatic carbocycles. The highest BCUT2D eigenvalue weighted by Crippen LogP contribution is 2.17. The zero-order valence-electron chi connectivity index (χ0n) is 14.8. The van der Waals surface area contributed by atoms with E-state index in [1.54, 1.807) is 7.05 Å². The number of nitrogens with one attached hydrogen (secondary N) is 2. The number of likely N-dealkylation sites (N-methyl/N-ethyl adjacent to an activating group) is 1. The van der Waals surface area contributed by atoms with Crippen molar-refractivity contribution in [3.05, 3.63) is 29.8 Å². The minimum absolute atomic E-state index is 0.659. The molecule has 0 radical (unpaired) electrons. The fraction of sp³-hybridized carbons (Fsp3) is 0.588. The van der Waals surface area contributed by atoms with Crippen molar-refractivity contribution in [2.75, 3.05) is 54.1 Å². The minimum atomic E-state index is 0.659. The largest absolute Gasteiger partial charge is 0.492 e.